The van der Waals surface area contributed by atoms with Crippen molar-refractivity contribution in [1.82, 2.24) is 15.3 Å². The van der Waals surface area contributed by atoms with Crippen LogP contribution < -0.4 is 10.1 Å². The topological polar surface area (TPSA) is 67.0 Å². The lowest BCUT2D eigenvalue weighted by atomic mass is 10.1. The summed E-state index contributed by atoms with van der Waals surface area (Å²) in [5.41, 5.74) is 4.67. The zero-order valence-corrected chi connectivity index (χ0v) is 15.4. The molecule has 136 valence electrons. The normalized spacial score (nSPS) is 11.0. The van der Waals surface area contributed by atoms with Gasteiger partial charge in [-0.05, 0) is 49.2 Å². The molecule has 2 aromatic carbocycles. The van der Waals surface area contributed by atoms with Crippen molar-refractivity contribution in [3.63, 3.8) is 0 Å². The summed E-state index contributed by atoms with van der Waals surface area (Å²) < 4.78 is 5.23. The van der Waals surface area contributed by atoms with Crippen LogP contribution in [0.3, 0.4) is 0 Å². The van der Waals surface area contributed by atoms with Gasteiger partial charge in [-0.2, -0.15) is 0 Å². The number of aromatic nitrogens is 2. The predicted molar refractivity (Wildman–Crippen MR) is 107 cm³/mol. The number of methoxy groups -OCH3 is 1. The van der Waals surface area contributed by atoms with E-state index in [2.05, 4.69) is 21.4 Å². The van der Waals surface area contributed by atoms with E-state index in [1.54, 1.807) is 7.11 Å². The average molecular weight is 359 g/mol. The summed E-state index contributed by atoms with van der Waals surface area (Å²) in [4.78, 5) is 20.2. The molecule has 0 spiro atoms. The summed E-state index contributed by atoms with van der Waals surface area (Å²) in [6, 6.07) is 15.7. The van der Waals surface area contributed by atoms with Gasteiger partial charge >= 0.3 is 0 Å². The maximum absolute atomic E-state index is 12.5. The highest BCUT2D eigenvalue weighted by Crippen LogP contribution is 2.26. The molecule has 0 fully saturated rings. The van der Waals surface area contributed by atoms with Crippen LogP contribution >= 0.6 is 0 Å². The van der Waals surface area contributed by atoms with Gasteiger partial charge in [0.15, 0.2) is 0 Å². The largest absolute Gasteiger partial charge is 0.497 e. The van der Waals surface area contributed by atoms with E-state index in [0.29, 0.717) is 12.1 Å². The second-order valence-electron chi connectivity index (χ2n) is 6.61. The Labute approximate surface area is 157 Å². The Balaban J connectivity index is 1.48. The fourth-order valence-corrected chi connectivity index (χ4v) is 3.30. The second kappa shape index (κ2) is 7.11. The molecule has 0 unspecified atom stereocenters. The van der Waals surface area contributed by atoms with Crippen molar-refractivity contribution < 1.29 is 9.53 Å². The number of aryl methyl sites for hydroxylation is 1. The van der Waals surface area contributed by atoms with Gasteiger partial charge in [-0.3, -0.25) is 9.78 Å². The van der Waals surface area contributed by atoms with Crippen molar-refractivity contribution in [2.24, 2.45) is 0 Å². The molecule has 1 amide bonds. The van der Waals surface area contributed by atoms with Crippen LogP contribution in [0.2, 0.25) is 0 Å². The summed E-state index contributed by atoms with van der Waals surface area (Å²) in [7, 11) is 1.65. The van der Waals surface area contributed by atoms with Crippen molar-refractivity contribution in [2.45, 2.75) is 13.3 Å². The molecule has 0 saturated carbocycles. The zero-order valence-electron chi connectivity index (χ0n) is 15.4. The number of aromatic amines is 1. The number of nitrogens with zero attached hydrogens (tertiary/aromatic N) is 1. The number of H-pyrrole nitrogens is 1. The van der Waals surface area contributed by atoms with E-state index >= 15 is 0 Å². The Morgan fingerprint density at radius 2 is 2.00 bits per heavy atom. The van der Waals surface area contributed by atoms with Crippen LogP contribution in [0.4, 0.5) is 0 Å². The van der Waals surface area contributed by atoms with Crippen LogP contribution in [0.1, 0.15) is 21.6 Å². The maximum atomic E-state index is 12.5. The van der Waals surface area contributed by atoms with Crippen LogP contribution in [0.25, 0.3) is 21.8 Å². The molecule has 27 heavy (non-hydrogen) atoms. The van der Waals surface area contributed by atoms with Gasteiger partial charge in [0.1, 0.15) is 5.75 Å². The standard InChI is InChI=1S/C22H21N3O2/c1-14-10-19-18-7-6-16(12-20(18)25-21(19)13-24-14)22(26)23-9-8-15-4-3-5-17(11-15)27-2/h3-7,10-13,25H,8-9H2,1-2H3,(H,23,26). The maximum Gasteiger partial charge on any atom is 0.251 e. The Kier molecular flexibility index (Phi) is 4.50. The van der Waals surface area contributed by atoms with E-state index in [1.165, 1.54) is 0 Å². The van der Waals surface area contributed by atoms with Crippen LogP contribution in [0.15, 0.2) is 54.7 Å². The van der Waals surface area contributed by atoms with E-state index in [9.17, 15) is 4.79 Å². The SMILES string of the molecule is COc1cccc(CCNC(=O)c2ccc3c(c2)[nH]c2cnc(C)cc23)c1. The number of carbonyl (C=O) groups excluding carboxylic acids is 1. The number of ether oxygens (including phenoxy) is 1. The van der Waals surface area contributed by atoms with E-state index in [0.717, 1.165) is 45.2 Å². The number of pyridine rings is 1. The third-order valence-electron chi connectivity index (χ3n) is 4.72. The van der Waals surface area contributed by atoms with E-state index in [4.69, 9.17) is 4.74 Å². The van der Waals surface area contributed by atoms with Crippen LogP contribution in [0, 0.1) is 6.92 Å². The second-order valence-corrected chi connectivity index (χ2v) is 6.61. The van der Waals surface area contributed by atoms with E-state index in [-0.39, 0.29) is 5.91 Å². The van der Waals surface area contributed by atoms with Gasteiger partial charge in [0.05, 0.1) is 18.8 Å². The molecule has 5 nitrogen and oxygen atoms in total. The summed E-state index contributed by atoms with van der Waals surface area (Å²) in [6.07, 6.45) is 2.58. The third-order valence-corrected chi connectivity index (χ3v) is 4.72. The summed E-state index contributed by atoms with van der Waals surface area (Å²) in [5, 5.41) is 5.21. The molecular weight excluding hydrogens is 338 g/mol. The Hall–Kier alpha value is -3.34. The number of rotatable bonds is 5. The Morgan fingerprint density at radius 1 is 1.11 bits per heavy atom. The van der Waals surface area contributed by atoms with Crippen molar-refractivity contribution >= 4 is 27.7 Å². The van der Waals surface area contributed by atoms with Crippen LogP contribution in [-0.2, 0) is 6.42 Å². The minimum atomic E-state index is -0.0762. The lowest BCUT2D eigenvalue weighted by molar-refractivity contribution is 0.0954. The summed E-state index contributed by atoms with van der Waals surface area (Å²) in [5.74, 6) is 0.751. The number of amides is 1. The van der Waals surface area contributed by atoms with Gasteiger partial charge in [-0.25, -0.2) is 0 Å². The number of hydrogen-bond acceptors (Lipinski definition) is 3. The molecule has 5 heteroatoms. The molecule has 2 aromatic heterocycles. The summed E-state index contributed by atoms with van der Waals surface area (Å²) >= 11 is 0. The number of hydrogen-bond donors (Lipinski definition) is 2. The molecule has 0 radical (unpaired) electrons. The lowest BCUT2D eigenvalue weighted by Gasteiger charge is -2.07. The highest BCUT2D eigenvalue weighted by atomic mass is 16.5. The van der Waals surface area contributed by atoms with Gasteiger partial charge in [-0.15, -0.1) is 0 Å². The first-order valence-corrected chi connectivity index (χ1v) is 8.93. The molecule has 0 saturated heterocycles. The molecule has 0 atom stereocenters. The number of fused-ring (bicyclic) bond motifs is 3. The fraction of sp³-hybridized carbons (Fsp3) is 0.182. The third kappa shape index (κ3) is 3.49. The van der Waals surface area contributed by atoms with Crippen molar-refractivity contribution in [3.05, 3.63) is 71.5 Å². The van der Waals surface area contributed by atoms with Gasteiger partial charge in [0.2, 0.25) is 0 Å². The quantitative estimate of drug-likeness (QED) is 0.566. The van der Waals surface area contributed by atoms with Crippen LogP contribution in [-0.4, -0.2) is 29.5 Å². The van der Waals surface area contributed by atoms with Crippen molar-refractivity contribution in [2.75, 3.05) is 13.7 Å². The molecule has 2 N–H and O–H groups in total. The van der Waals surface area contributed by atoms with Gasteiger partial charge in [-0.1, -0.05) is 18.2 Å². The predicted octanol–water partition coefficient (Wildman–Crippen LogP) is 4.01. The average Bonchev–Trinajstić information content (AvgIpc) is 3.05. The molecule has 0 aliphatic heterocycles. The monoisotopic (exact) mass is 359 g/mol. The first kappa shape index (κ1) is 17.1. The van der Waals surface area contributed by atoms with Gasteiger partial charge in [0.25, 0.3) is 5.91 Å². The minimum Gasteiger partial charge on any atom is -0.497 e. The van der Waals surface area contributed by atoms with E-state index in [1.807, 2.05) is 55.6 Å². The molecule has 0 bridgehead atoms. The Morgan fingerprint density at radius 3 is 2.85 bits per heavy atom. The van der Waals surface area contributed by atoms with Crippen molar-refractivity contribution in [3.8, 4) is 5.75 Å². The molecule has 4 rings (SSSR count). The number of nitrogens with one attached hydrogen (secondary N) is 2. The Bertz CT molecular complexity index is 1130. The lowest BCUT2D eigenvalue weighted by Crippen LogP contribution is -2.25. The highest BCUT2D eigenvalue weighted by Gasteiger charge is 2.10. The molecule has 4 aromatic rings. The smallest absolute Gasteiger partial charge is 0.251 e. The molecule has 0 aliphatic carbocycles. The van der Waals surface area contributed by atoms with Crippen molar-refractivity contribution in [1.29, 1.82) is 0 Å². The number of benzene rings is 2. The fourth-order valence-electron chi connectivity index (χ4n) is 3.30. The molecule has 2 heterocycles. The highest BCUT2D eigenvalue weighted by molar-refractivity contribution is 6.09. The molecule has 0 aliphatic rings. The first-order chi connectivity index (χ1) is 13.1. The zero-order chi connectivity index (χ0) is 18.8. The number of carbonyl (C=O) groups is 1. The molecular formula is C22H21N3O2. The minimum absolute atomic E-state index is 0.0762. The summed E-state index contributed by atoms with van der Waals surface area (Å²) in [6.45, 7) is 2.54. The van der Waals surface area contributed by atoms with E-state index < -0.39 is 0 Å². The van der Waals surface area contributed by atoms with Gasteiger partial charge in [0, 0.05) is 34.1 Å². The van der Waals surface area contributed by atoms with Gasteiger partial charge < -0.3 is 15.0 Å². The first-order valence-electron chi connectivity index (χ1n) is 8.93. The van der Waals surface area contributed by atoms with Crippen LogP contribution in [0.5, 0.6) is 5.75 Å².